The van der Waals surface area contributed by atoms with Crippen molar-refractivity contribution in [1.82, 2.24) is 20.6 Å². The maximum Gasteiger partial charge on any atom is 0.259 e. The lowest BCUT2D eigenvalue weighted by atomic mass is 9.98. The quantitative estimate of drug-likeness (QED) is 0.590. The fraction of sp³-hybridized carbons (Fsp3) is 0.304. The summed E-state index contributed by atoms with van der Waals surface area (Å²) >= 11 is 1.62. The fourth-order valence-corrected chi connectivity index (χ4v) is 5.19. The Morgan fingerprint density at radius 1 is 1.23 bits per heavy atom. The monoisotopic (exact) mass is 419 g/mol. The summed E-state index contributed by atoms with van der Waals surface area (Å²) in [6.45, 7) is 1.86. The van der Waals surface area contributed by atoms with E-state index in [1.54, 1.807) is 18.0 Å². The molecule has 4 heterocycles. The van der Waals surface area contributed by atoms with Crippen molar-refractivity contribution >= 4 is 34.4 Å². The minimum Gasteiger partial charge on any atom is -0.346 e. The molecule has 1 aromatic carbocycles. The third kappa shape index (κ3) is 3.82. The van der Waals surface area contributed by atoms with Gasteiger partial charge in [-0.3, -0.25) is 4.79 Å². The van der Waals surface area contributed by atoms with E-state index in [0.717, 1.165) is 58.9 Å². The summed E-state index contributed by atoms with van der Waals surface area (Å²) in [6.07, 6.45) is 7.90. The van der Waals surface area contributed by atoms with Gasteiger partial charge < -0.3 is 20.5 Å². The molecule has 1 amide bonds. The Labute approximate surface area is 180 Å². The first kappa shape index (κ1) is 19.2. The van der Waals surface area contributed by atoms with Crippen LogP contribution in [-0.2, 0) is 4.79 Å². The van der Waals surface area contributed by atoms with E-state index in [4.69, 9.17) is 0 Å². The van der Waals surface area contributed by atoms with Crippen LogP contribution >= 0.6 is 11.8 Å². The van der Waals surface area contributed by atoms with Crippen molar-refractivity contribution in [3.05, 3.63) is 71.5 Å². The summed E-state index contributed by atoms with van der Waals surface area (Å²) in [5.41, 5.74) is 3.08. The van der Waals surface area contributed by atoms with Crippen LogP contribution in [0.2, 0.25) is 0 Å². The Morgan fingerprint density at radius 2 is 2.13 bits per heavy atom. The maximum atomic E-state index is 13.3. The van der Waals surface area contributed by atoms with Crippen molar-refractivity contribution in [3.63, 3.8) is 0 Å². The van der Waals surface area contributed by atoms with Gasteiger partial charge in [0.1, 0.15) is 5.65 Å². The molecular weight excluding hydrogens is 394 g/mol. The summed E-state index contributed by atoms with van der Waals surface area (Å²) in [7, 11) is 0. The van der Waals surface area contributed by atoms with Crippen LogP contribution in [0.4, 0.5) is 5.69 Å². The Morgan fingerprint density at radius 3 is 2.97 bits per heavy atom. The van der Waals surface area contributed by atoms with E-state index in [9.17, 15) is 4.79 Å². The van der Waals surface area contributed by atoms with Crippen molar-refractivity contribution in [2.45, 2.75) is 24.9 Å². The number of thioether (sulfide) groups is 1. The number of nitrogens with zero attached hydrogens (tertiary/aromatic N) is 2. The lowest BCUT2D eigenvalue weighted by molar-refractivity contribution is -0.117. The van der Waals surface area contributed by atoms with Crippen LogP contribution in [0.25, 0.3) is 11.0 Å². The molecule has 3 N–H and O–H groups in total. The third-order valence-corrected chi connectivity index (χ3v) is 6.77. The number of pyridine rings is 1. The average molecular weight is 420 g/mol. The number of aromatic amines is 1. The molecule has 154 valence electrons. The zero-order chi connectivity index (χ0) is 20.3. The Bertz CT molecular complexity index is 1060. The van der Waals surface area contributed by atoms with Crippen LogP contribution in [0.15, 0.2) is 66.0 Å². The second-order valence-corrected chi connectivity index (χ2v) is 8.81. The highest BCUT2D eigenvalue weighted by atomic mass is 32.2. The Balaban J connectivity index is 1.39. The molecule has 0 saturated carbocycles. The van der Waals surface area contributed by atoms with Crippen molar-refractivity contribution < 1.29 is 4.79 Å². The van der Waals surface area contributed by atoms with E-state index < -0.39 is 0 Å². The van der Waals surface area contributed by atoms with Crippen LogP contribution in [0, 0.1) is 0 Å². The van der Waals surface area contributed by atoms with Crippen LogP contribution in [0.5, 0.6) is 0 Å². The normalized spacial score (nSPS) is 20.2. The smallest absolute Gasteiger partial charge is 0.259 e. The molecular formula is C23H25N5OS. The lowest BCUT2D eigenvalue weighted by Gasteiger charge is -2.29. The minimum atomic E-state index is -0.0321. The number of carbonyl (C=O) groups excluding carboxylic acids is 1. The average Bonchev–Trinajstić information content (AvgIpc) is 3.50. The molecule has 0 bridgehead atoms. The lowest BCUT2D eigenvalue weighted by Crippen LogP contribution is -2.41. The van der Waals surface area contributed by atoms with Gasteiger partial charge in [-0.2, -0.15) is 0 Å². The molecule has 1 unspecified atom stereocenters. The van der Waals surface area contributed by atoms with Gasteiger partial charge in [-0.15, -0.1) is 11.8 Å². The third-order valence-electron chi connectivity index (χ3n) is 5.78. The molecule has 2 aromatic heterocycles. The summed E-state index contributed by atoms with van der Waals surface area (Å²) in [4.78, 5) is 23.7. The second-order valence-electron chi connectivity index (χ2n) is 7.67. The summed E-state index contributed by atoms with van der Waals surface area (Å²) in [6, 6.07) is 14.5. The first-order valence-electron chi connectivity index (χ1n) is 10.4. The molecule has 30 heavy (non-hydrogen) atoms. The number of anilines is 1. The summed E-state index contributed by atoms with van der Waals surface area (Å²) < 4.78 is 0. The number of hydrogen-bond acceptors (Lipinski definition) is 5. The zero-order valence-electron chi connectivity index (χ0n) is 16.7. The van der Waals surface area contributed by atoms with Gasteiger partial charge >= 0.3 is 0 Å². The van der Waals surface area contributed by atoms with Gasteiger partial charge in [-0.25, -0.2) is 4.98 Å². The highest BCUT2D eigenvalue weighted by Crippen LogP contribution is 2.31. The second kappa shape index (κ2) is 8.53. The number of amides is 1. The SMILES string of the molecule is O=C(NC(c1ccccc1)[C@@H]1CCCN1)C1=CN(c2ccnc3[nH]ccc23)CCS1. The number of hydrogen-bond donors (Lipinski definition) is 3. The molecule has 2 aliphatic rings. The highest BCUT2D eigenvalue weighted by molar-refractivity contribution is 8.04. The van der Waals surface area contributed by atoms with Gasteiger partial charge in [0.2, 0.25) is 0 Å². The van der Waals surface area contributed by atoms with Gasteiger partial charge in [0.05, 0.1) is 16.6 Å². The van der Waals surface area contributed by atoms with E-state index in [1.165, 1.54) is 0 Å². The van der Waals surface area contributed by atoms with Gasteiger partial charge in [0.25, 0.3) is 5.91 Å². The molecule has 2 atom stereocenters. The van der Waals surface area contributed by atoms with Gasteiger partial charge in [-0.05, 0) is 37.1 Å². The summed E-state index contributed by atoms with van der Waals surface area (Å²) in [5.74, 6) is 0.858. The Hall–Kier alpha value is -2.77. The topological polar surface area (TPSA) is 73.1 Å². The van der Waals surface area contributed by atoms with Crippen molar-refractivity contribution in [2.24, 2.45) is 0 Å². The minimum absolute atomic E-state index is 0.00776. The van der Waals surface area contributed by atoms with E-state index in [0.29, 0.717) is 0 Å². The van der Waals surface area contributed by atoms with Crippen LogP contribution in [0.3, 0.4) is 0 Å². The van der Waals surface area contributed by atoms with Gasteiger partial charge in [-0.1, -0.05) is 30.3 Å². The maximum absolute atomic E-state index is 13.3. The highest BCUT2D eigenvalue weighted by Gasteiger charge is 2.29. The number of aromatic nitrogens is 2. The largest absolute Gasteiger partial charge is 0.346 e. The first-order valence-corrected chi connectivity index (χ1v) is 11.4. The van der Waals surface area contributed by atoms with Crippen molar-refractivity contribution in [3.8, 4) is 0 Å². The molecule has 6 nitrogen and oxygen atoms in total. The molecule has 1 fully saturated rings. The molecule has 2 aliphatic heterocycles. The summed E-state index contributed by atoms with van der Waals surface area (Å²) in [5, 5.41) is 7.93. The van der Waals surface area contributed by atoms with Crippen LogP contribution < -0.4 is 15.5 Å². The van der Waals surface area contributed by atoms with Crippen LogP contribution in [0.1, 0.15) is 24.4 Å². The molecule has 0 spiro atoms. The standard InChI is InChI=1S/C23H25N5OS/c29-23(27-21(18-7-4-10-24-18)16-5-2-1-3-6-16)20-15-28(13-14-30-20)19-9-12-26-22-17(19)8-11-25-22/h1-3,5-6,8-9,11-12,15,18,21,24H,4,7,10,13-14H2,(H,25,26)(H,27,29)/t18-,21?/m0/s1. The predicted octanol–water partition coefficient (Wildman–Crippen LogP) is 3.57. The molecule has 3 aromatic rings. The van der Waals surface area contributed by atoms with E-state index >= 15 is 0 Å². The van der Waals surface area contributed by atoms with Crippen molar-refractivity contribution in [1.29, 1.82) is 0 Å². The van der Waals surface area contributed by atoms with Crippen LogP contribution in [-0.4, -0.2) is 40.8 Å². The van der Waals surface area contributed by atoms with Gasteiger partial charge in [0.15, 0.2) is 0 Å². The number of H-pyrrole nitrogens is 1. The number of nitrogens with one attached hydrogen (secondary N) is 3. The van der Waals surface area contributed by atoms with E-state index in [1.807, 2.05) is 42.7 Å². The molecule has 5 rings (SSSR count). The number of fused-ring (bicyclic) bond motifs is 1. The van der Waals surface area contributed by atoms with Crippen molar-refractivity contribution in [2.75, 3.05) is 23.7 Å². The zero-order valence-corrected chi connectivity index (χ0v) is 17.5. The number of benzene rings is 1. The fourth-order valence-electron chi connectivity index (χ4n) is 4.29. The molecule has 0 aliphatic carbocycles. The van der Waals surface area contributed by atoms with E-state index in [-0.39, 0.29) is 18.0 Å². The first-order chi connectivity index (χ1) is 14.8. The predicted molar refractivity (Wildman–Crippen MR) is 122 cm³/mol. The molecule has 1 saturated heterocycles. The molecule has 0 radical (unpaired) electrons. The molecule has 7 heteroatoms. The number of rotatable bonds is 5. The van der Waals surface area contributed by atoms with E-state index in [2.05, 4.69) is 37.6 Å². The Kier molecular flexibility index (Phi) is 5.46. The van der Waals surface area contributed by atoms with Gasteiger partial charge in [0, 0.05) is 42.3 Å². The number of carbonyl (C=O) groups is 1.